The number of aliphatic hydroxyl groups is 38. The van der Waals surface area contributed by atoms with Crippen LogP contribution in [0.1, 0.15) is 0 Å². The first-order valence-electron chi connectivity index (χ1n) is 41.9. The van der Waals surface area contributed by atoms with Gasteiger partial charge in [0.2, 0.25) is 63.7 Å². The van der Waals surface area contributed by atoms with E-state index >= 15 is 0 Å². The highest BCUT2D eigenvalue weighted by atomic mass is 16.9. The van der Waals surface area contributed by atoms with Crippen molar-refractivity contribution in [2.24, 2.45) is 0 Å². The second kappa shape index (κ2) is 42.8. The summed E-state index contributed by atoms with van der Waals surface area (Å²) in [7, 11) is 0. The molecule has 49 unspecified atom stereocenters. The van der Waals surface area contributed by atoms with Gasteiger partial charge in [-0.1, -0.05) is 0 Å². The average Bonchev–Trinajstić information content (AvgIpc) is 1.59. The molecule has 133 heavy (non-hydrogen) atoms. The van der Waals surface area contributed by atoms with E-state index in [-0.39, 0.29) is 0 Å². The van der Waals surface area contributed by atoms with Crippen molar-refractivity contribution < 1.29 is 303 Å². The van der Waals surface area contributed by atoms with Gasteiger partial charge in [-0.3, -0.25) is 0 Å². The van der Waals surface area contributed by atoms with Crippen LogP contribution < -0.4 is 0 Å². The minimum Gasteiger partial charge on any atom is -0.394 e. The van der Waals surface area contributed by atoms with Crippen molar-refractivity contribution in [1.82, 2.24) is 0 Å². The van der Waals surface area contributed by atoms with E-state index in [0.29, 0.717) is 0 Å². The Morgan fingerprint density at radius 1 is 0.150 bits per heavy atom. The van der Waals surface area contributed by atoms with Gasteiger partial charge in [-0.15, -0.1) is 0 Å². The summed E-state index contributed by atoms with van der Waals surface area (Å²) >= 11 is 0. The molecule has 0 spiro atoms. The molecule has 61 heteroatoms. The first-order chi connectivity index (χ1) is 62.7. The summed E-state index contributed by atoms with van der Waals surface area (Å²) in [6.45, 7) is -31.5. The van der Waals surface area contributed by atoms with Gasteiger partial charge in [0.05, 0.1) is 79.3 Å². The molecular weight excluding hydrogens is 1840 g/mol. The Morgan fingerprint density at radius 3 is 0.444 bits per heavy atom. The fraction of sp³-hybridized carbons (Fsp3) is 1.00. The second-order valence-electron chi connectivity index (χ2n) is 34.3. The van der Waals surface area contributed by atoms with Crippen molar-refractivity contribution in [2.45, 2.75) is 296 Å². The predicted octanol–water partition coefficient (Wildman–Crippen LogP) is -27.1. The molecule has 0 aromatic rings. The highest BCUT2D eigenvalue weighted by molar-refractivity contribution is 5.11. The fourth-order valence-electron chi connectivity index (χ4n) is 17.7. The summed E-state index contributed by atoms with van der Waals surface area (Å²) in [4.78, 5) is 0. The van der Waals surface area contributed by atoms with Crippen LogP contribution in [-0.2, 0) is 109 Å². The lowest BCUT2D eigenvalue weighted by Crippen LogP contribution is -2.64. The third-order valence-electron chi connectivity index (χ3n) is 26.1. The number of aliphatic hydroxyl groups excluding tert-OH is 38. The van der Waals surface area contributed by atoms with Gasteiger partial charge in [0.1, 0.15) is 299 Å². The number of ether oxygens (including phenoxy) is 23. The molecule has 0 bridgehead atoms. The molecule has 12 aliphatic rings. The first-order valence-corrected chi connectivity index (χ1v) is 41.9. The van der Waals surface area contributed by atoms with Crippen LogP contribution in [0.15, 0.2) is 0 Å². The molecule has 12 aliphatic heterocycles. The molecule has 38 N–H and O–H groups in total. The van der Waals surface area contributed by atoms with Crippen molar-refractivity contribution >= 4 is 0 Å². The third-order valence-corrected chi connectivity index (χ3v) is 26.1. The van der Waals surface area contributed by atoms with Crippen molar-refractivity contribution in [3.05, 3.63) is 0 Å². The minimum absolute atomic E-state index is 0.986. The van der Waals surface area contributed by atoms with Gasteiger partial charge in [0.15, 0.2) is 6.29 Å². The summed E-state index contributed by atoms with van der Waals surface area (Å²) in [6.07, 6.45) is -85.1. The van der Waals surface area contributed by atoms with E-state index in [9.17, 15) is 194 Å². The maximum atomic E-state index is 12.2. The Bertz CT molecular complexity index is 3580. The molecule has 61 nitrogen and oxygen atoms in total. The highest BCUT2D eigenvalue weighted by Crippen LogP contribution is 2.50. The second-order valence-corrected chi connectivity index (χ2v) is 34.3. The Kier molecular flexibility index (Phi) is 35.2. The topological polar surface area (TPSA) is 981 Å². The van der Waals surface area contributed by atoms with E-state index in [1.54, 1.807) is 0 Å². The average molecular weight is 1960 g/mol. The van der Waals surface area contributed by atoms with Crippen molar-refractivity contribution in [1.29, 1.82) is 0 Å². The van der Waals surface area contributed by atoms with E-state index in [1.807, 2.05) is 0 Å². The lowest BCUT2D eigenvalue weighted by Gasteiger charge is -2.45. The standard InChI is InChI=1S/C72H122O61/c73-1-24-36(86)48(98)49(99)61(121-24)133-72(60(110)47(97)35(12-84)132-72)23-120-71(59(109)46(96)34(11-83)131-71)22-119-70(58(108)45(95)33(10-82)130-70)21-118-69(57(107)44(94)32(9-81)129-69)20-117-68(56(106)43(93)31(8-80)128-68)19-116-67(55(105)42(92)30(7-79)127-67)18-115-66(54(104)41(91)29(6-78)126-66)17-114-65(53(103)40(90)28(5-77)125-65)16-113-64(52(102)39(89)27(4-76)124-64)15-112-63(51(101)38(88)26(3-75)123-63)14-111-62(13-85)50(100)37(87)25(2-74)122-62/h24-61,73-110H,1-23H2. The zero-order valence-corrected chi connectivity index (χ0v) is 70.1. The summed E-state index contributed by atoms with van der Waals surface area (Å²) in [5, 5.41) is 423. The summed E-state index contributed by atoms with van der Waals surface area (Å²) in [6, 6.07) is 0. The van der Waals surface area contributed by atoms with Gasteiger partial charge in [0.25, 0.3) is 0 Å². The normalized spacial score (nSPS) is 52.8. The molecule has 0 amide bonds. The predicted molar refractivity (Wildman–Crippen MR) is 395 cm³/mol. The Morgan fingerprint density at radius 2 is 0.286 bits per heavy atom. The SMILES string of the molecule is OCC1OC(OC2(COC3(COC4(COC5(COC6(COC7(COC8(COC9(COC%10(COC%11(COC%12(CO)OC(CO)C(O)C%12O)OC(CO)C(O)C%11O)OC(CO)C(O)C%10O)OC(CO)C(O)C9O)OC(CO)C(O)C8O)OC(CO)C(O)C7O)OC(CO)C(O)C6O)OC(CO)C(O)C5O)OC(CO)C(O)C4O)OC(CO)C(O)C3O)OC(CO)C(O)C2O)C(O)C(O)C1O. The molecule has 12 fully saturated rings. The zero-order valence-electron chi connectivity index (χ0n) is 70.1. The van der Waals surface area contributed by atoms with Crippen LogP contribution in [0.2, 0.25) is 0 Å². The Labute approximate surface area is 748 Å². The molecule has 49 atom stereocenters. The van der Waals surface area contributed by atoms with Crippen LogP contribution in [0, 0.1) is 0 Å². The van der Waals surface area contributed by atoms with Crippen molar-refractivity contribution in [3.8, 4) is 0 Å². The van der Waals surface area contributed by atoms with Crippen molar-refractivity contribution in [2.75, 3.05) is 152 Å². The molecule has 0 radical (unpaired) electrons. The van der Waals surface area contributed by atoms with Gasteiger partial charge in [0, 0.05) is 0 Å². The molecule has 12 rings (SSSR count). The molecule has 0 aromatic heterocycles. The fourth-order valence-corrected chi connectivity index (χ4v) is 17.7. The monoisotopic (exact) mass is 1960 g/mol. The first kappa shape index (κ1) is 109. The quantitative estimate of drug-likeness (QED) is 0.0269. The molecule has 12 heterocycles. The Hall–Kier alpha value is -2.44. The lowest BCUT2D eigenvalue weighted by molar-refractivity contribution is -0.407. The lowest BCUT2D eigenvalue weighted by atomic mass is 9.99. The molecule has 0 saturated carbocycles. The molecule has 0 aromatic carbocycles. The van der Waals surface area contributed by atoms with Crippen molar-refractivity contribution in [3.63, 3.8) is 0 Å². The molecule has 0 aliphatic carbocycles. The highest BCUT2D eigenvalue weighted by Gasteiger charge is 2.72. The van der Waals surface area contributed by atoms with E-state index < -0.39 is 448 Å². The van der Waals surface area contributed by atoms with Crippen LogP contribution in [0.5, 0.6) is 0 Å². The van der Waals surface area contributed by atoms with E-state index in [4.69, 9.17) is 109 Å². The zero-order chi connectivity index (χ0) is 98.0. The molecule has 776 valence electrons. The van der Waals surface area contributed by atoms with E-state index in [2.05, 4.69) is 0 Å². The maximum absolute atomic E-state index is 12.2. The number of hydrogen-bond acceptors (Lipinski definition) is 61. The van der Waals surface area contributed by atoms with Crippen LogP contribution >= 0.6 is 0 Å². The van der Waals surface area contributed by atoms with E-state index in [1.165, 1.54) is 0 Å². The number of rotatable bonds is 45. The third kappa shape index (κ3) is 19.5. The van der Waals surface area contributed by atoms with Gasteiger partial charge < -0.3 is 303 Å². The van der Waals surface area contributed by atoms with Crippen LogP contribution in [0.4, 0.5) is 0 Å². The van der Waals surface area contributed by atoms with Gasteiger partial charge in [-0.05, 0) is 0 Å². The molecular formula is C72H122O61. The summed E-state index contributed by atoms with van der Waals surface area (Å²) in [5.41, 5.74) is 0. The minimum atomic E-state index is -3.30. The summed E-state index contributed by atoms with van der Waals surface area (Å²) in [5.74, 6) is -34.6. The van der Waals surface area contributed by atoms with E-state index in [0.717, 1.165) is 0 Å². The van der Waals surface area contributed by atoms with Gasteiger partial charge >= 0.3 is 0 Å². The van der Waals surface area contributed by atoms with Crippen LogP contribution in [-0.4, -0.2) is 642 Å². The smallest absolute Gasteiger partial charge is 0.224 e. The summed E-state index contributed by atoms with van der Waals surface area (Å²) < 4.78 is 136. The van der Waals surface area contributed by atoms with Gasteiger partial charge in [-0.25, -0.2) is 0 Å². The van der Waals surface area contributed by atoms with Crippen LogP contribution in [0.25, 0.3) is 0 Å². The largest absolute Gasteiger partial charge is 0.394 e. The van der Waals surface area contributed by atoms with Gasteiger partial charge in [-0.2, -0.15) is 0 Å². The Balaban J connectivity index is 0.839. The maximum Gasteiger partial charge on any atom is 0.224 e. The van der Waals surface area contributed by atoms with Crippen LogP contribution in [0.3, 0.4) is 0 Å². The number of hydrogen-bond donors (Lipinski definition) is 38. The molecule has 12 saturated heterocycles.